The Morgan fingerprint density at radius 1 is 1.29 bits per heavy atom. The predicted molar refractivity (Wildman–Crippen MR) is 90.4 cm³/mol. The van der Waals surface area contributed by atoms with Gasteiger partial charge in [0, 0.05) is 49.7 Å². The Kier molecular flexibility index (Phi) is 5.22. The summed E-state index contributed by atoms with van der Waals surface area (Å²) in [7, 11) is 1.76. The van der Waals surface area contributed by atoms with E-state index in [-0.39, 0.29) is 0 Å². The van der Waals surface area contributed by atoms with Gasteiger partial charge in [-0.25, -0.2) is 0 Å². The van der Waals surface area contributed by atoms with Gasteiger partial charge in [-0.05, 0) is 31.5 Å². The van der Waals surface area contributed by atoms with Crippen molar-refractivity contribution in [1.82, 2.24) is 10.7 Å². The van der Waals surface area contributed by atoms with E-state index in [1.807, 2.05) is 0 Å². The number of benzene rings is 1. The number of allylic oxidation sites excluding steroid dienone is 1. The van der Waals surface area contributed by atoms with E-state index < -0.39 is 0 Å². The Labute approximate surface area is 126 Å². The highest BCUT2D eigenvalue weighted by molar-refractivity contribution is 6.09. The number of hydrogen-bond acceptors (Lipinski definition) is 5. The minimum absolute atomic E-state index is 0.495. The molecular formula is C16H25N5. The largest absolute Gasteiger partial charge is 0.404 e. The Morgan fingerprint density at radius 2 is 1.90 bits per heavy atom. The van der Waals surface area contributed by atoms with E-state index in [0.717, 1.165) is 24.2 Å². The smallest absolute Gasteiger partial charge is 0.0560 e. The van der Waals surface area contributed by atoms with E-state index in [1.54, 1.807) is 19.5 Å². The lowest BCUT2D eigenvalue weighted by atomic mass is 10.0. The molecule has 1 heterocycles. The molecule has 0 unspecified atom stereocenters. The zero-order valence-electron chi connectivity index (χ0n) is 13.0. The van der Waals surface area contributed by atoms with Gasteiger partial charge in [0.15, 0.2) is 0 Å². The molecule has 0 radical (unpaired) electrons. The quantitative estimate of drug-likeness (QED) is 0.578. The fourth-order valence-corrected chi connectivity index (χ4v) is 2.82. The number of rotatable bonds is 4. The van der Waals surface area contributed by atoms with E-state index in [0.29, 0.717) is 12.1 Å². The number of piperazine rings is 1. The molecule has 1 fully saturated rings. The molecule has 1 saturated heterocycles. The molecule has 1 aromatic rings. The Bertz CT molecular complexity index is 496. The second-order valence-corrected chi connectivity index (χ2v) is 5.41. The molecule has 0 amide bonds. The molecule has 1 aromatic carbocycles. The summed E-state index contributed by atoms with van der Waals surface area (Å²) in [5, 5.41) is 7.47. The van der Waals surface area contributed by atoms with Crippen LogP contribution in [0, 0.1) is 0 Å². The van der Waals surface area contributed by atoms with Crippen molar-refractivity contribution in [3.63, 3.8) is 0 Å². The molecule has 0 aromatic heterocycles. The maximum Gasteiger partial charge on any atom is 0.0560 e. The van der Waals surface area contributed by atoms with Crippen LogP contribution in [0.2, 0.25) is 0 Å². The van der Waals surface area contributed by atoms with E-state index in [4.69, 9.17) is 5.73 Å². The van der Waals surface area contributed by atoms with Crippen LogP contribution in [0.15, 0.2) is 35.6 Å². The predicted octanol–water partition coefficient (Wildman–Crippen LogP) is 1.38. The van der Waals surface area contributed by atoms with Crippen molar-refractivity contribution >= 4 is 17.5 Å². The number of nitrogens with two attached hydrogens (primary N) is 1. The van der Waals surface area contributed by atoms with Gasteiger partial charge in [0.2, 0.25) is 0 Å². The summed E-state index contributed by atoms with van der Waals surface area (Å²) in [5.74, 6) is 0. The van der Waals surface area contributed by atoms with Crippen LogP contribution in [0.5, 0.6) is 0 Å². The van der Waals surface area contributed by atoms with Gasteiger partial charge in [-0.15, -0.1) is 0 Å². The van der Waals surface area contributed by atoms with Crippen LogP contribution < -0.4 is 21.4 Å². The highest BCUT2D eigenvalue weighted by Crippen LogP contribution is 2.24. The molecule has 0 saturated carbocycles. The van der Waals surface area contributed by atoms with E-state index in [9.17, 15) is 0 Å². The second kappa shape index (κ2) is 7.13. The van der Waals surface area contributed by atoms with Gasteiger partial charge in [-0.2, -0.15) is 5.10 Å². The van der Waals surface area contributed by atoms with Crippen molar-refractivity contribution in [2.45, 2.75) is 25.9 Å². The van der Waals surface area contributed by atoms with Crippen LogP contribution in [-0.4, -0.2) is 38.4 Å². The second-order valence-electron chi connectivity index (χ2n) is 5.41. The molecule has 0 spiro atoms. The molecule has 1 aliphatic rings. The molecule has 2 rings (SSSR count). The lowest BCUT2D eigenvalue weighted by Crippen LogP contribution is -2.55. The average Bonchev–Trinajstić information content (AvgIpc) is 2.49. The molecule has 0 aliphatic carbocycles. The number of hydrazone groups is 1. The Balaban J connectivity index is 2.20. The van der Waals surface area contributed by atoms with Crippen LogP contribution in [0.3, 0.4) is 0 Å². The lowest BCUT2D eigenvalue weighted by Gasteiger charge is -2.41. The normalized spacial score (nSPS) is 23.6. The summed E-state index contributed by atoms with van der Waals surface area (Å²) >= 11 is 0. The summed E-state index contributed by atoms with van der Waals surface area (Å²) in [5.41, 5.74) is 11.6. The fourth-order valence-electron chi connectivity index (χ4n) is 2.82. The summed E-state index contributed by atoms with van der Waals surface area (Å²) < 4.78 is 0. The van der Waals surface area contributed by atoms with Gasteiger partial charge in [-0.3, -0.25) is 0 Å². The van der Waals surface area contributed by atoms with E-state index in [2.05, 4.69) is 58.9 Å². The SMILES string of the molecule is CNN=CC(=CN)c1ccc(N2[C@H](C)CNC[C@@H]2C)cc1. The fraction of sp³-hybridized carbons (Fsp3) is 0.438. The summed E-state index contributed by atoms with van der Waals surface area (Å²) in [6.45, 7) is 6.55. The zero-order chi connectivity index (χ0) is 15.2. The zero-order valence-corrected chi connectivity index (χ0v) is 13.0. The highest BCUT2D eigenvalue weighted by atomic mass is 15.3. The molecule has 21 heavy (non-hydrogen) atoms. The van der Waals surface area contributed by atoms with Crippen molar-refractivity contribution in [3.8, 4) is 0 Å². The molecule has 114 valence electrons. The van der Waals surface area contributed by atoms with Gasteiger partial charge in [0.05, 0.1) is 6.21 Å². The number of hydrogen-bond donors (Lipinski definition) is 3. The van der Waals surface area contributed by atoms with Gasteiger partial charge < -0.3 is 21.4 Å². The van der Waals surface area contributed by atoms with Crippen molar-refractivity contribution in [2.24, 2.45) is 10.8 Å². The maximum atomic E-state index is 5.67. The van der Waals surface area contributed by atoms with Crippen LogP contribution >= 0.6 is 0 Å². The Morgan fingerprint density at radius 3 is 2.43 bits per heavy atom. The third-order valence-corrected chi connectivity index (χ3v) is 3.84. The molecule has 5 heteroatoms. The van der Waals surface area contributed by atoms with E-state index >= 15 is 0 Å². The van der Waals surface area contributed by atoms with E-state index in [1.165, 1.54) is 5.69 Å². The van der Waals surface area contributed by atoms with Gasteiger partial charge in [-0.1, -0.05) is 12.1 Å². The molecule has 0 bridgehead atoms. The molecular weight excluding hydrogens is 262 g/mol. The molecule has 2 atom stereocenters. The number of nitrogens with one attached hydrogen (secondary N) is 2. The monoisotopic (exact) mass is 287 g/mol. The number of anilines is 1. The first-order valence-electron chi connectivity index (χ1n) is 7.38. The molecule has 5 nitrogen and oxygen atoms in total. The van der Waals surface area contributed by atoms with Crippen LogP contribution in [0.4, 0.5) is 5.69 Å². The Hall–Kier alpha value is -2.01. The first-order valence-corrected chi connectivity index (χ1v) is 7.38. The topological polar surface area (TPSA) is 65.7 Å². The maximum absolute atomic E-state index is 5.67. The van der Waals surface area contributed by atoms with Crippen molar-refractivity contribution < 1.29 is 0 Å². The highest BCUT2D eigenvalue weighted by Gasteiger charge is 2.24. The van der Waals surface area contributed by atoms with Crippen molar-refractivity contribution in [1.29, 1.82) is 0 Å². The van der Waals surface area contributed by atoms with Gasteiger partial charge >= 0.3 is 0 Å². The first-order chi connectivity index (χ1) is 10.2. The molecule has 4 N–H and O–H groups in total. The summed E-state index contributed by atoms with van der Waals surface area (Å²) in [4.78, 5) is 2.47. The van der Waals surface area contributed by atoms with Gasteiger partial charge in [0.1, 0.15) is 0 Å². The molecule has 1 aliphatic heterocycles. The third kappa shape index (κ3) is 3.55. The van der Waals surface area contributed by atoms with Crippen molar-refractivity contribution in [3.05, 3.63) is 36.0 Å². The third-order valence-electron chi connectivity index (χ3n) is 3.84. The summed E-state index contributed by atoms with van der Waals surface area (Å²) in [6.07, 6.45) is 3.30. The standard InChI is InChI=1S/C16H25N5/c1-12-9-19-10-13(2)21(12)16-6-4-14(5-7-16)15(8-17)11-20-18-3/h4-8,11-13,18-19H,9-10,17H2,1-3H3/t12-,13+. The average molecular weight is 287 g/mol. The summed E-state index contributed by atoms with van der Waals surface area (Å²) in [6, 6.07) is 9.49. The lowest BCUT2D eigenvalue weighted by molar-refractivity contribution is 0.432. The van der Waals surface area contributed by atoms with Crippen LogP contribution in [0.1, 0.15) is 19.4 Å². The minimum atomic E-state index is 0.495. The van der Waals surface area contributed by atoms with Crippen LogP contribution in [0.25, 0.3) is 5.57 Å². The van der Waals surface area contributed by atoms with Crippen molar-refractivity contribution in [2.75, 3.05) is 25.0 Å². The number of nitrogens with zero attached hydrogens (tertiary/aromatic N) is 2. The first kappa shape index (κ1) is 15.4. The van der Waals surface area contributed by atoms with Gasteiger partial charge in [0.25, 0.3) is 0 Å². The van der Waals surface area contributed by atoms with Crippen LogP contribution in [-0.2, 0) is 0 Å². The minimum Gasteiger partial charge on any atom is -0.404 e.